The van der Waals surface area contributed by atoms with Crippen molar-refractivity contribution in [1.29, 1.82) is 0 Å². The number of aliphatic hydroxyl groups excluding tert-OH is 1. The number of unbranched alkanes of at least 4 members (excludes halogenated alkanes) is 3. The molecule has 38 heavy (non-hydrogen) atoms. The van der Waals surface area contributed by atoms with E-state index in [1.807, 2.05) is 33.8 Å². The van der Waals surface area contributed by atoms with Gasteiger partial charge in [-0.15, -0.1) is 13.2 Å². The molecule has 7 atom stereocenters. The van der Waals surface area contributed by atoms with Gasteiger partial charge in [-0.3, -0.25) is 14.4 Å². The summed E-state index contributed by atoms with van der Waals surface area (Å²) in [6.45, 7) is 18.3. The molecule has 1 N–H and O–H groups in total. The molecule has 3 rings (SSSR count). The van der Waals surface area contributed by atoms with E-state index in [-0.39, 0.29) is 36.9 Å². The van der Waals surface area contributed by atoms with Gasteiger partial charge in [-0.2, -0.15) is 0 Å². The fourth-order valence-electron chi connectivity index (χ4n) is 6.91. The van der Waals surface area contributed by atoms with Crippen molar-refractivity contribution in [2.45, 2.75) is 96.4 Å². The summed E-state index contributed by atoms with van der Waals surface area (Å²) in [5.41, 5.74) is -2.06. The minimum absolute atomic E-state index is 0.0600. The topological polar surface area (TPSA) is 96.4 Å². The molecule has 0 aliphatic carbocycles. The third-order valence-electron chi connectivity index (χ3n) is 9.04. The summed E-state index contributed by atoms with van der Waals surface area (Å²) in [6, 6.07) is -1.50. The first kappa shape index (κ1) is 30.4. The monoisotopic (exact) mass is 532 g/mol. The second-order valence-corrected chi connectivity index (χ2v) is 11.8. The lowest BCUT2D eigenvalue weighted by molar-refractivity contribution is -0.164. The van der Waals surface area contributed by atoms with E-state index >= 15 is 0 Å². The Kier molecular flexibility index (Phi) is 9.85. The van der Waals surface area contributed by atoms with Gasteiger partial charge < -0.3 is 24.4 Å². The second kappa shape index (κ2) is 12.3. The molecular formula is C30H48N2O6. The van der Waals surface area contributed by atoms with Gasteiger partial charge in [0.2, 0.25) is 11.8 Å². The van der Waals surface area contributed by atoms with Crippen LogP contribution in [0.5, 0.6) is 0 Å². The summed E-state index contributed by atoms with van der Waals surface area (Å²) in [4.78, 5) is 45.5. The van der Waals surface area contributed by atoms with E-state index in [9.17, 15) is 19.5 Å². The molecular weight excluding hydrogens is 484 g/mol. The highest BCUT2D eigenvalue weighted by Crippen LogP contribution is 2.65. The number of carbonyl (C=O) groups excluding carboxylic acids is 3. The van der Waals surface area contributed by atoms with Crippen LogP contribution in [0.15, 0.2) is 25.3 Å². The first-order chi connectivity index (χ1) is 18.0. The van der Waals surface area contributed by atoms with Gasteiger partial charge in [0.05, 0.1) is 30.8 Å². The highest BCUT2D eigenvalue weighted by atomic mass is 16.6. The average molecular weight is 533 g/mol. The van der Waals surface area contributed by atoms with Crippen molar-refractivity contribution >= 4 is 17.8 Å². The quantitative estimate of drug-likeness (QED) is 0.196. The number of aliphatic hydroxyl groups is 1. The van der Waals surface area contributed by atoms with Crippen LogP contribution < -0.4 is 0 Å². The molecule has 0 aromatic rings. The Morgan fingerprint density at radius 3 is 2.55 bits per heavy atom. The maximum Gasteiger partial charge on any atom is 0.312 e. The number of fused-ring (bicyclic) bond motifs is 1. The zero-order valence-electron chi connectivity index (χ0n) is 24.0. The number of carbonyl (C=O) groups is 3. The summed E-state index contributed by atoms with van der Waals surface area (Å²) in [7, 11) is 0. The standard InChI is InChI=1S/C30H48N2O6/c1-8-11-13-14-17-37-28(36)24-23-26(34)32(22(19-33)20(4)5)25(27(35)31(15-10-3)16-12-9-2)30(23)18-21(6)29(24,7)38-30/h8,10,20-25,33H,1,3,9,11-19H2,2,4-7H3/t21?,22-,23-,24-,25?,29+,30?/m0/s1. The summed E-state index contributed by atoms with van der Waals surface area (Å²) in [6.07, 6.45) is 8.18. The number of amides is 2. The molecule has 3 aliphatic heterocycles. The molecule has 0 aromatic carbocycles. The number of likely N-dealkylation sites (tertiary alicyclic amines) is 1. The summed E-state index contributed by atoms with van der Waals surface area (Å²) < 4.78 is 12.5. The van der Waals surface area contributed by atoms with Gasteiger partial charge in [0.25, 0.3) is 0 Å². The Morgan fingerprint density at radius 1 is 1.26 bits per heavy atom. The van der Waals surface area contributed by atoms with Crippen LogP contribution in [-0.2, 0) is 23.9 Å². The van der Waals surface area contributed by atoms with Crippen LogP contribution in [0.3, 0.4) is 0 Å². The van der Waals surface area contributed by atoms with Gasteiger partial charge in [-0.05, 0) is 50.9 Å². The van der Waals surface area contributed by atoms with E-state index in [4.69, 9.17) is 9.47 Å². The maximum atomic E-state index is 14.3. The first-order valence-electron chi connectivity index (χ1n) is 14.4. The summed E-state index contributed by atoms with van der Waals surface area (Å²) >= 11 is 0. The molecule has 2 amide bonds. The van der Waals surface area contributed by atoms with Crippen molar-refractivity contribution < 1.29 is 29.0 Å². The van der Waals surface area contributed by atoms with Crippen molar-refractivity contribution in [1.82, 2.24) is 9.80 Å². The Bertz CT molecular complexity index is 905. The van der Waals surface area contributed by atoms with Crippen molar-refractivity contribution in [2.24, 2.45) is 23.7 Å². The third kappa shape index (κ3) is 5.06. The van der Waals surface area contributed by atoms with Gasteiger partial charge >= 0.3 is 5.97 Å². The van der Waals surface area contributed by atoms with Crippen LogP contribution in [0.25, 0.3) is 0 Å². The van der Waals surface area contributed by atoms with Crippen molar-refractivity contribution in [2.75, 3.05) is 26.3 Å². The molecule has 214 valence electrons. The Morgan fingerprint density at radius 2 is 1.97 bits per heavy atom. The molecule has 0 radical (unpaired) electrons. The normalized spacial score (nSPS) is 32.4. The van der Waals surface area contributed by atoms with E-state index in [1.54, 1.807) is 15.9 Å². The van der Waals surface area contributed by atoms with Crippen LogP contribution in [0, 0.1) is 23.7 Å². The smallest absolute Gasteiger partial charge is 0.312 e. The lowest BCUT2D eigenvalue weighted by Gasteiger charge is -2.40. The van der Waals surface area contributed by atoms with Crippen LogP contribution >= 0.6 is 0 Å². The van der Waals surface area contributed by atoms with E-state index in [0.717, 1.165) is 25.7 Å². The number of ether oxygens (including phenoxy) is 2. The van der Waals surface area contributed by atoms with Gasteiger partial charge in [-0.25, -0.2) is 0 Å². The van der Waals surface area contributed by atoms with Crippen LogP contribution in [-0.4, -0.2) is 82.3 Å². The van der Waals surface area contributed by atoms with Crippen LogP contribution in [0.2, 0.25) is 0 Å². The lowest BCUT2D eigenvalue weighted by Crippen LogP contribution is -2.59. The SMILES string of the molecule is C=CCCCCOC(=O)[C@@H]1[C@H]2C(=O)N([C@@H](CO)C(C)C)C(C(=O)N(CC=C)CCCC)C23CC(C)[C@@]1(C)O3. The number of rotatable bonds is 15. The predicted octanol–water partition coefficient (Wildman–Crippen LogP) is 3.73. The molecule has 3 saturated heterocycles. The Hall–Kier alpha value is -2.19. The predicted molar refractivity (Wildman–Crippen MR) is 146 cm³/mol. The fraction of sp³-hybridized carbons (Fsp3) is 0.767. The highest BCUT2D eigenvalue weighted by Gasteiger charge is 2.80. The molecule has 3 fully saturated rings. The Labute approximate surface area is 228 Å². The van der Waals surface area contributed by atoms with Gasteiger partial charge in [-0.1, -0.05) is 46.3 Å². The van der Waals surface area contributed by atoms with Crippen molar-refractivity contribution in [3.63, 3.8) is 0 Å². The van der Waals surface area contributed by atoms with Crippen molar-refractivity contribution in [3.05, 3.63) is 25.3 Å². The van der Waals surface area contributed by atoms with Crippen LogP contribution in [0.4, 0.5) is 0 Å². The minimum Gasteiger partial charge on any atom is -0.465 e. The second-order valence-electron chi connectivity index (χ2n) is 11.8. The molecule has 0 aromatic heterocycles. The largest absolute Gasteiger partial charge is 0.465 e. The Balaban J connectivity index is 2.05. The third-order valence-corrected chi connectivity index (χ3v) is 9.04. The number of hydrogen-bond acceptors (Lipinski definition) is 6. The van der Waals surface area contributed by atoms with Gasteiger partial charge in [0.1, 0.15) is 17.6 Å². The summed E-state index contributed by atoms with van der Waals surface area (Å²) in [5.74, 6) is -2.74. The lowest BCUT2D eigenvalue weighted by atomic mass is 9.62. The zero-order chi connectivity index (χ0) is 28.3. The maximum absolute atomic E-state index is 14.3. The molecule has 0 saturated carbocycles. The molecule has 3 heterocycles. The number of nitrogens with zero attached hydrogens (tertiary/aromatic N) is 2. The average Bonchev–Trinajstić information content (AvgIpc) is 3.38. The zero-order valence-corrected chi connectivity index (χ0v) is 24.0. The van der Waals surface area contributed by atoms with E-state index in [1.165, 1.54) is 0 Å². The van der Waals surface area contributed by atoms with E-state index in [2.05, 4.69) is 20.1 Å². The van der Waals surface area contributed by atoms with Crippen molar-refractivity contribution in [3.8, 4) is 0 Å². The molecule has 8 heteroatoms. The fourth-order valence-corrected chi connectivity index (χ4v) is 6.91. The number of hydrogen-bond donors (Lipinski definition) is 1. The van der Waals surface area contributed by atoms with E-state index in [0.29, 0.717) is 25.9 Å². The minimum atomic E-state index is -1.15. The molecule has 1 spiro atoms. The first-order valence-corrected chi connectivity index (χ1v) is 14.4. The van der Waals surface area contributed by atoms with Gasteiger partial charge in [0.15, 0.2) is 0 Å². The van der Waals surface area contributed by atoms with Crippen LogP contribution in [0.1, 0.15) is 73.1 Å². The highest BCUT2D eigenvalue weighted by molar-refractivity contribution is 5.98. The molecule has 8 nitrogen and oxygen atoms in total. The van der Waals surface area contributed by atoms with E-state index < -0.39 is 41.1 Å². The molecule has 3 aliphatic rings. The summed E-state index contributed by atoms with van der Waals surface area (Å²) in [5, 5.41) is 10.4. The molecule has 2 bridgehead atoms. The number of allylic oxidation sites excluding steroid dienone is 1. The van der Waals surface area contributed by atoms with Gasteiger partial charge in [0, 0.05) is 13.1 Å². The number of esters is 1. The molecule has 3 unspecified atom stereocenters.